The van der Waals surface area contributed by atoms with E-state index in [0.29, 0.717) is 16.5 Å². The van der Waals surface area contributed by atoms with Crippen LogP contribution in [0.5, 0.6) is 0 Å². The number of aromatic nitrogens is 4. The van der Waals surface area contributed by atoms with Gasteiger partial charge in [0.1, 0.15) is 5.82 Å². The molecule has 2 aromatic heterocycles. The van der Waals surface area contributed by atoms with Gasteiger partial charge in [-0.1, -0.05) is 54.1 Å². The van der Waals surface area contributed by atoms with E-state index in [1.807, 2.05) is 54.6 Å². The van der Waals surface area contributed by atoms with Crippen molar-refractivity contribution in [2.24, 2.45) is 0 Å². The molecule has 124 valence electrons. The van der Waals surface area contributed by atoms with Crippen LogP contribution in [0.15, 0.2) is 66.7 Å². The highest BCUT2D eigenvalue weighted by Gasteiger charge is 2.13. The molecule has 0 radical (unpaired) electrons. The van der Waals surface area contributed by atoms with Gasteiger partial charge in [0.15, 0.2) is 11.5 Å². The first-order valence-corrected chi connectivity index (χ1v) is 8.39. The van der Waals surface area contributed by atoms with E-state index in [9.17, 15) is 0 Å². The topological polar surface area (TPSA) is 55.1 Å². The summed E-state index contributed by atoms with van der Waals surface area (Å²) in [6.07, 6.45) is 0. The largest absolute Gasteiger partial charge is 0.362 e. The molecule has 0 aliphatic carbocycles. The van der Waals surface area contributed by atoms with Crippen LogP contribution in [0.25, 0.3) is 17.0 Å². The summed E-state index contributed by atoms with van der Waals surface area (Å²) >= 11 is 6.30. The Balaban J connectivity index is 1.70. The van der Waals surface area contributed by atoms with Crippen molar-refractivity contribution in [3.63, 3.8) is 0 Å². The first kappa shape index (κ1) is 15.6. The second kappa shape index (κ2) is 6.53. The van der Waals surface area contributed by atoms with Crippen molar-refractivity contribution in [1.82, 2.24) is 19.8 Å². The summed E-state index contributed by atoms with van der Waals surface area (Å²) in [5.41, 5.74) is 2.67. The van der Waals surface area contributed by atoms with Crippen LogP contribution >= 0.6 is 11.6 Å². The Morgan fingerprint density at radius 3 is 2.48 bits per heavy atom. The average molecular weight is 350 g/mol. The standard InChI is InChI=1S/C19H16ClN5/c1-13(14-7-3-2-4-8-14)21-17-11-12-18-22-23-19(25(18)24-17)15-9-5-6-10-16(15)20/h2-13H,1H3,(H,21,24). The van der Waals surface area contributed by atoms with Gasteiger partial charge in [-0.2, -0.15) is 4.52 Å². The zero-order valence-corrected chi connectivity index (χ0v) is 14.4. The smallest absolute Gasteiger partial charge is 0.186 e. The second-order valence-corrected chi connectivity index (χ2v) is 6.18. The molecule has 0 saturated carbocycles. The van der Waals surface area contributed by atoms with Gasteiger partial charge in [0.25, 0.3) is 0 Å². The van der Waals surface area contributed by atoms with Crippen LogP contribution in [0.4, 0.5) is 5.82 Å². The fourth-order valence-electron chi connectivity index (χ4n) is 2.72. The Morgan fingerprint density at radius 2 is 1.68 bits per heavy atom. The minimum absolute atomic E-state index is 0.131. The van der Waals surface area contributed by atoms with Gasteiger partial charge in [0, 0.05) is 11.6 Å². The lowest BCUT2D eigenvalue weighted by molar-refractivity contribution is 0.847. The molecule has 0 aliphatic rings. The molecular weight excluding hydrogens is 334 g/mol. The van der Waals surface area contributed by atoms with Crippen molar-refractivity contribution >= 4 is 23.1 Å². The highest BCUT2D eigenvalue weighted by molar-refractivity contribution is 6.33. The third kappa shape index (κ3) is 3.06. The molecule has 25 heavy (non-hydrogen) atoms. The molecular formula is C19H16ClN5. The number of nitrogens with zero attached hydrogens (tertiary/aromatic N) is 4. The molecule has 0 fully saturated rings. The molecule has 6 heteroatoms. The van der Waals surface area contributed by atoms with Gasteiger partial charge >= 0.3 is 0 Å². The molecule has 0 amide bonds. The maximum absolute atomic E-state index is 6.30. The Morgan fingerprint density at radius 1 is 0.920 bits per heavy atom. The number of hydrogen-bond acceptors (Lipinski definition) is 4. The van der Waals surface area contributed by atoms with Crippen molar-refractivity contribution < 1.29 is 0 Å². The summed E-state index contributed by atoms with van der Waals surface area (Å²) < 4.78 is 1.71. The maximum atomic E-state index is 6.30. The van der Waals surface area contributed by atoms with Gasteiger partial charge in [-0.15, -0.1) is 15.3 Å². The van der Waals surface area contributed by atoms with E-state index < -0.39 is 0 Å². The SMILES string of the molecule is CC(Nc1ccc2nnc(-c3ccccc3Cl)n2n1)c1ccccc1. The maximum Gasteiger partial charge on any atom is 0.186 e. The summed E-state index contributed by atoms with van der Waals surface area (Å²) in [6.45, 7) is 2.10. The van der Waals surface area contributed by atoms with Gasteiger partial charge in [-0.05, 0) is 36.8 Å². The quantitative estimate of drug-likeness (QED) is 0.584. The predicted molar refractivity (Wildman–Crippen MR) is 99.7 cm³/mol. The minimum atomic E-state index is 0.131. The monoisotopic (exact) mass is 349 g/mol. The van der Waals surface area contributed by atoms with Crippen molar-refractivity contribution in [3.05, 3.63) is 77.3 Å². The van der Waals surface area contributed by atoms with E-state index in [1.54, 1.807) is 4.52 Å². The highest BCUT2D eigenvalue weighted by atomic mass is 35.5. The third-order valence-corrected chi connectivity index (χ3v) is 4.37. The Bertz CT molecular complexity index is 1010. The number of anilines is 1. The molecule has 5 nitrogen and oxygen atoms in total. The number of hydrogen-bond donors (Lipinski definition) is 1. The first-order chi connectivity index (χ1) is 12.2. The van der Waals surface area contributed by atoms with Gasteiger partial charge in [-0.3, -0.25) is 0 Å². The number of halogens is 1. The molecule has 0 bridgehead atoms. The summed E-state index contributed by atoms with van der Waals surface area (Å²) in [6, 6.07) is 21.7. The molecule has 1 N–H and O–H groups in total. The van der Waals surface area contributed by atoms with Gasteiger partial charge in [0.05, 0.1) is 5.02 Å². The van der Waals surface area contributed by atoms with Gasteiger partial charge in [0.2, 0.25) is 0 Å². The van der Waals surface area contributed by atoms with Crippen LogP contribution in [0.2, 0.25) is 5.02 Å². The molecule has 1 atom stereocenters. The summed E-state index contributed by atoms with van der Waals surface area (Å²) in [7, 11) is 0. The van der Waals surface area contributed by atoms with Crippen LogP contribution in [0, 0.1) is 0 Å². The van der Waals surface area contributed by atoms with Crippen molar-refractivity contribution in [3.8, 4) is 11.4 Å². The molecule has 2 heterocycles. The second-order valence-electron chi connectivity index (χ2n) is 5.77. The van der Waals surface area contributed by atoms with Crippen LogP contribution in [0.1, 0.15) is 18.5 Å². The molecule has 2 aromatic carbocycles. The first-order valence-electron chi connectivity index (χ1n) is 8.01. The average Bonchev–Trinajstić information content (AvgIpc) is 3.06. The van der Waals surface area contributed by atoms with Gasteiger partial charge in [-0.25, -0.2) is 0 Å². The molecule has 0 aliphatic heterocycles. The summed E-state index contributed by atoms with van der Waals surface area (Å²) in [5.74, 6) is 1.37. The molecule has 0 saturated heterocycles. The Kier molecular flexibility index (Phi) is 4.07. The van der Waals surface area contributed by atoms with Crippen LogP contribution in [-0.2, 0) is 0 Å². The fourth-order valence-corrected chi connectivity index (χ4v) is 2.94. The van der Waals surface area contributed by atoms with E-state index in [0.717, 1.165) is 11.4 Å². The van der Waals surface area contributed by atoms with Crippen molar-refractivity contribution in [1.29, 1.82) is 0 Å². The van der Waals surface area contributed by atoms with E-state index in [1.165, 1.54) is 5.56 Å². The van der Waals surface area contributed by atoms with Crippen molar-refractivity contribution in [2.45, 2.75) is 13.0 Å². The molecule has 4 rings (SSSR count). The van der Waals surface area contributed by atoms with Crippen LogP contribution in [0.3, 0.4) is 0 Å². The third-order valence-electron chi connectivity index (χ3n) is 4.04. The predicted octanol–water partition coefficient (Wildman–Crippen LogP) is 4.62. The van der Waals surface area contributed by atoms with E-state index >= 15 is 0 Å². The number of nitrogens with one attached hydrogen (secondary N) is 1. The van der Waals surface area contributed by atoms with Crippen molar-refractivity contribution in [2.75, 3.05) is 5.32 Å². The van der Waals surface area contributed by atoms with Gasteiger partial charge < -0.3 is 5.32 Å². The summed E-state index contributed by atoms with van der Waals surface area (Å²) in [4.78, 5) is 0. The highest BCUT2D eigenvalue weighted by Crippen LogP contribution is 2.26. The lowest BCUT2D eigenvalue weighted by atomic mass is 10.1. The Hall–Kier alpha value is -2.92. The Labute approximate surface area is 150 Å². The normalized spacial score (nSPS) is 12.2. The lowest BCUT2D eigenvalue weighted by Crippen LogP contribution is -2.09. The number of fused-ring (bicyclic) bond motifs is 1. The zero-order chi connectivity index (χ0) is 17.2. The van der Waals surface area contributed by atoms with Crippen LogP contribution < -0.4 is 5.32 Å². The van der Waals surface area contributed by atoms with Crippen LogP contribution in [-0.4, -0.2) is 19.8 Å². The minimum Gasteiger partial charge on any atom is -0.362 e. The lowest BCUT2D eigenvalue weighted by Gasteiger charge is -2.15. The number of rotatable bonds is 4. The number of benzene rings is 2. The van der Waals surface area contributed by atoms with E-state index in [4.69, 9.17) is 11.6 Å². The zero-order valence-electron chi connectivity index (χ0n) is 13.6. The van der Waals surface area contributed by atoms with E-state index in [2.05, 4.69) is 39.7 Å². The molecule has 4 aromatic rings. The summed E-state index contributed by atoms with van der Waals surface area (Å²) in [5, 5.41) is 17.1. The van der Waals surface area contributed by atoms with E-state index in [-0.39, 0.29) is 6.04 Å². The fraction of sp³-hybridized carbons (Fsp3) is 0.105. The molecule has 1 unspecified atom stereocenters. The molecule has 0 spiro atoms.